The lowest BCUT2D eigenvalue weighted by molar-refractivity contribution is -0.140. The van der Waals surface area contributed by atoms with Crippen molar-refractivity contribution in [2.75, 3.05) is 24.7 Å². The first kappa shape index (κ1) is 15.7. The molecule has 0 aromatic heterocycles. The Morgan fingerprint density at radius 3 is 2.31 bits per heavy atom. The molecule has 1 unspecified atom stereocenters. The molecule has 0 aliphatic carbocycles. The van der Waals surface area contributed by atoms with Crippen LogP contribution in [0.25, 0.3) is 0 Å². The molecule has 0 amide bonds. The molecule has 1 N–H and O–H groups in total. The van der Waals surface area contributed by atoms with E-state index in [0.29, 0.717) is 19.0 Å². The van der Waals surface area contributed by atoms with Gasteiger partial charge in [-0.2, -0.15) is 11.8 Å². The van der Waals surface area contributed by atoms with Gasteiger partial charge in [0.1, 0.15) is 0 Å². The highest BCUT2D eigenvalue weighted by Crippen LogP contribution is 2.12. The van der Waals surface area contributed by atoms with Crippen LogP contribution < -0.4 is 0 Å². The van der Waals surface area contributed by atoms with E-state index in [-0.39, 0.29) is 12.2 Å². The number of hydrogen-bond donors (Lipinski definition) is 1. The van der Waals surface area contributed by atoms with E-state index in [4.69, 9.17) is 14.6 Å². The largest absolute Gasteiger partial charge is 0.481 e. The average Bonchev–Trinajstić information content (AvgIpc) is 2.24. The SMILES string of the molecule is CCOC(CCSCC(C)C(=O)O)OCC. The molecule has 0 rings (SSSR count). The first-order valence-corrected chi connectivity index (χ1v) is 6.81. The van der Waals surface area contributed by atoms with Crippen molar-refractivity contribution in [3.05, 3.63) is 0 Å². The molecular weight excluding hydrogens is 228 g/mol. The topological polar surface area (TPSA) is 55.8 Å². The van der Waals surface area contributed by atoms with Crippen molar-refractivity contribution < 1.29 is 19.4 Å². The third-order valence-corrected chi connectivity index (χ3v) is 3.25. The highest BCUT2D eigenvalue weighted by molar-refractivity contribution is 7.99. The Hall–Kier alpha value is -0.260. The fraction of sp³-hybridized carbons (Fsp3) is 0.909. The van der Waals surface area contributed by atoms with Gasteiger partial charge in [0.05, 0.1) is 5.92 Å². The van der Waals surface area contributed by atoms with Gasteiger partial charge in [-0.15, -0.1) is 0 Å². The van der Waals surface area contributed by atoms with Crippen LogP contribution in [0.5, 0.6) is 0 Å². The number of aliphatic carboxylic acids is 1. The molecule has 5 heteroatoms. The van der Waals surface area contributed by atoms with Crippen LogP contribution in [0, 0.1) is 5.92 Å². The highest BCUT2D eigenvalue weighted by atomic mass is 32.2. The van der Waals surface area contributed by atoms with Gasteiger partial charge in [0.15, 0.2) is 6.29 Å². The molecule has 0 bridgehead atoms. The molecule has 96 valence electrons. The molecule has 1 atom stereocenters. The average molecular weight is 250 g/mol. The number of thioether (sulfide) groups is 1. The molecule has 0 heterocycles. The zero-order valence-electron chi connectivity index (χ0n) is 10.3. The van der Waals surface area contributed by atoms with Gasteiger partial charge in [0.2, 0.25) is 0 Å². The summed E-state index contributed by atoms with van der Waals surface area (Å²) in [4.78, 5) is 10.6. The van der Waals surface area contributed by atoms with Crippen molar-refractivity contribution in [3.8, 4) is 0 Å². The molecule has 0 aromatic carbocycles. The molecule has 16 heavy (non-hydrogen) atoms. The van der Waals surface area contributed by atoms with Crippen LogP contribution >= 0.6 is 11.8 Å². The third kappa shape index (κ3) is 7.96. The first-order chi connectivity index (χ1) is 7.61. The molecule has 0 aliphatic heterocycles. The molecule has 0 saturated heterocycles. The van der Waals surface area contributed by atoms with Crippen LogP contribution in [0.1, 0.15) is 27.2 Å². The van der Waals surface area contributed by atoms with Gasteiger partial charge in [0.25, 0.3) is 0 Å². The van der Waals surface area contributed by atoms with Gasteiger partial charge >= 0.3 is 5.97 Å². The quantitative estimate of drug-likeness (QED) is 0.476. The minimum Gasteiger partial charge on any atom is -0.481 e. The number of carbonyl (C=O) groups is 1. The minimum atomic E-state index is -0.737. The van der Waals surface area contributed by atoms with E-state index >= 15 is 0 Å². The summed E-state index contributed by atoms with van der Waals surface area (Å²) in [5.74, 6) is 0.476. The summed E-state index contributed by atoms with van der Waals surface area (Å²) < 4.78 is 10.8. The van der Waals surface area contributed by atoms with Crippen molar-refractivity contribution in [1.29, 1.82) is 0 Å². The number of hydrogen-bond acceptors (Lipinski definition) is 4. The Labute approximate surface area is 102 Å². The molecule has 0 radical (unpaired) electrons. The van der Waals surface area contributed by atoms with Crippen LogP contribution in [-0.2, 0) is 14.3 Å². The molecule has 0 spiro atoms. The first-order valence-electron chi connectivity index (χ1n) is 5.65. The molecule has 4 nitrogen and oxygen atoms in total. The minimum absolute atomic E-state index is 0.150. The van der Waals surface area contributed by atoms with Crippen molar-refractivity contribution in [2.24, 2.45) is 5.92 Å². The van der Waals surface area contributed by atoms with Crippen LogP contribution in [0.15, 0.2) is 0 Å². The zero-order valence-corrected chi connectivity index (χ0v) is 11.1. The lowest BCUT2D eigenvalue weighted by Crippen LogP contribution is -2.18. The Morgan fingerprint density at radius 2 is 1.88 bits per heavy atom. The number of rotatable bonds is 10. The summed E-state index contributed by atoms with van der Waals surface area (Å²) in [7, 11) is 0. The Balaban J connectivity index is 3.57. The summed E-state index contributed by atoms with van der Waals surface area (Å²) >= 11 is 1.63. The smallest absolute Gasteiger partial charge is 0.307 e. The molecule has 0 aromatic rings. The van der Waals surface area contributed by atoms with Gasteiger partial charge in [-0.3, -0.25) is 4.79 Å². The lowest BCUT2D eigenvalue weighted by atomic mass is 10.2. The number of carboxylic acids is 1. The molecule has 0 fully saturated rings. The maximum atomic E-state index is 10.6. The van der Waals surface area contributed by atoms with Crippen LogP contribution in [0.4, 0.5) is 0 Å². The van der Waals surface area contributed by atoms with E-state index in [1.807, 2.05) is 13.8 Å². The fourth-order valence-electron chi connectivity index (χ4n) is 1.10. The van der Waals surface area contributed by atoms with Crippen molar-refractivity contribution >= 4 is 17.7 Å². The summed E-state index contributed by atoms with van der Waals surface area (Å²) in [6.07, 6.45) is 0.654. The molecule has 0 aliphatic rings. The van der Waals surface area contributed by atoms with E-state index in [1.54, 1.807) is 18.7 Å². The third-order valence-electron chi connectivity index (χ3n) is 1.99. The lowest BCUT2D eigenvalue weighted by Gasteiger charge is -2.16. The van der Waals surface area contributed by atoms with E-state index in [0.717, 1.165) is 12.2 Å². The highest BCUT2D eigenvalue weighted by Gasteiger charge is 2.12. The zero-order chi connectivity index (χ0) is 12.4. The van der Waals surface area contributed by atoms with Crippen LogP contribution in [-0.4, -0.2) is 42.1 Å². The van der Waals surface area contributed by atoms with Crippen molar-refractivity contribution in [2.45, 2.75) is 33.5 Å². The summed E-state index contributed by atoms with van der Waals surface area (Å²) in [6, 6.07) is 0. The predicted molar refractivity (Wildman–Crippen MR) is 65.8 cm³/mol. The van der Waals surface area contributed by atoms with Crippen LogP contribution in [0.2, 0.25) is 0 Å². The molecular formula is C11H22O4S. The number of carboxylic acid groups (broad SMARTS) is 1. The second-order valence-electron chi connectivity index (χ2n) is 3.44. The fourth-order valence-corrected chi connectivity index (χ4v) is 2.12. The second-order valence-corrected chi connectivity index (χ2v) is 4.59. The maximum Gasteiger partial charge on any atom is 0.307 e. The predicted octanol–water partition coefficient (Wildman–Crippen LogP) is 2.23. The summed E-state index contributed by atoms with van der Waals surface area (Å²) in [6.45, 7) is 6.87. The second kappa shape index (κ2) is 9.93. The van der Waals surface area contributed by atoms with Gasteiger partial charge in [-0.25, -0.2) is 0 Å². The monoisotopic (exact) mass is 250 g/mol. The van der Waals surface area contributed by atoms with Crippen molar-refractivity contribution in [1.82, 2.24) is 0 Å². The Kier molecular flexibility index (Phi) is 9.77. The normalized spacial score (nSPS) is 13.0. The maximum absolute atomic E-state index is 10.6. The van der Waals surface area contributed by atoms with Gasteiger partial charge in [-0.05, 0) is 19.6 Å². The summed E-state index contributed by atoms with van der Waals surface area (Å²) in [5.41, 5.74) is 0. The van der Waals surface area contributed by atoms with Gasteiger partial charge in [-0.1, -0.05) is 6.92 Å². The van der Waals surface area contributed by atoms with E-state index in [1.165, 1.54) is 0 Å². The van der Waals surface area contributed by atoms with Gasteiger partial charge < -0.3 is 14.6 Å². The molecule has 0 saturated carbocycles. The Morgan fingerprint density at radius 1 is 1.31 bits per heavy atom. The van der Waals surface area contributed by atoms with Crippen LogP contribution in [0.3, 0.4) is 0 Å². The van der Waals surface area contributed by atoms with Gasteiger partial charge in [0, 0.05) is 25.4 Å². The standard InChI is InChI=1S/C11H22O4S/c1-4-14-10(15-5-2)6-7-16-8-9(3)11(12)13/h9-10H,4-8H2,1-3H3,(H,12,13). The summed E-state index contributed by atoms with van der Waals surface area (Å²) in [5, 5.41) is 8.70. The Bertz CT molecular complexity index is 181. The number of ether oxygens (including phenoxy) is 2. The van der Waals surface area contributed by atoms with E-state index in [2.05, 4.69) is 0 Å². The van der Waals surface area contributed by atoms with E-state index < -0.39 is 5.97 Å². The van der Waals surface area contributed by atoms with E-state index in [9.17, 15) is 4.79 Å². The van der Waals surface area contributed by atoms with Crippen molar-refractivity contribution in [3.63, 3.8) is 0 Å².